The van der Waals surface area contributed by atoms with E-state index < -0.39 is 21.9 Å². The van der Waals surface area contributed by atoms with Crippen molar-refractivity contribution in [3.63, 3.8) is 0 Å². The van der Waals surface area contributed by atoms with E-state index in [4.69, 9.17) is 9.73 Å². The van der Waals surface area contributed by atoms with Crippen LogP contribution in [0.3, 0.4) is 0 Å². The number of hydrogen-bond donors (Lipinski definition) is 2. The molecule has 1 heterocycles. The van der Waals surface area contributed by atoms with Gasteiger partial charge in [-0.25, -0.2) is 13.2 Å². The van der Waals surface area contributed by atoms with Crippen LogP contribution in [-0.4, -0.2) is 77.4 Å². The Balaban J connectivity index is 1.83. The number of nitrogens with zero attached hydrogens (tertiary/aromatic N) is 3. The lowest BCUT2D eigenvalue weighted by atomic mass is 9.90. The lowest BCUT2D eigenvalue weighted by Crippen LogP contribution is -2.35. The number of rotatable bonds is 10. The van der Waals surface area contributed by atoms with Crippen molar-refractivity contribution in [1.29, 1.82) is 0 Å². The van der Waals surface area contributed by atoms with E-state index in [1.165, 1.54) is 11.0 Å². The number of esters is 1. The van der Waals surface area contributed by atoms with Crippen molar-refractivity contribution >= 4 is 56.3 Å². The Morgan fingerprint density at radius 3 is 2.36 bits per heavy atom. The smallest absolute Gasteiger partial charge is 0.338 e. The van der Waals surface area contributed by atoms with Crippen LogP contribution < -0.4 is 14.9 Å². The van der Waals surface area contributed by atoms with Gasteiger partial charge in [-0.2, -0.15) is 0 Å². The molecule has 0 spiro atoms. The SMILES string of the molecule is CCOC(=O)c1ccc2c(c1)NC(=O)C2C(=Nc1ccc(N(C)C(=O)CN(C)C)c(NS(C)(=O)=O)c1)c1ccccc1. The third-order valence-corrected chi connectivity index (χ3v) is 7.04. The highest BCUT2D eigenvalue weighted by atomic mass is 32.2. The Hall–Kier alpha value is -4.55. The van der Waals surface area contributed by atoms with Crippen LogP contribution in [0.1, 0.15) is 34.3 Å². The van der Waals surface area contributed by atoms with E-state index in [2.05, 4.69) is 10.0 Å². The minimum Gasteiger partial charge on any atom is -0.462 e. The van der Waals surface area contributed by atoms with Crippen LogP contribution >= 0.6 is 0 Å². The predicted molar refractivity (Wildman–Crippen MR) is 163 cm³/mol. The van der Waals surface area contributed by atoms with Crippen molar-refractivity contribution in [2.45, 2.75) is 12.8 Å². The molecule has 1 unspecified atom stereocenters. The predicted octanol–water partition coefficient (Wildman–Crippen LogP) is 3.62. The van der Waals surface area contributed by atoms with Crippen molar-refractivity contribution in [2.75, 3.05) is 55.5 Å². The van der Waals surface area contributed by atoms with E-state index in [0.717, 1.165) is 6.26 Å². The van der Waals surface area contributed by atoms with Gasteiger partial charge in [0.25, 0.3) is 0 Å². The molecule has 1 aliphatic rings. The number of aliphatic imine (C=N–C) groups is 1. The standard InChI is InChI=1S/C30H33N5O6S/c1-6-41-30(38)20-12-14-22-23(16-20)32-29(37)27(22)28(19-10-8-7-9-11-19)31-21-13-15-25(24(17-21)33-42(5,39)40)35(4)26(36)18-34(2)3/h7-17,27,33H,6,18H2,1-5H3,(H,32,37). The monoisotopic (exact) mass is 591 g/mol. The second-order valence-corrected chi connectivity index (χ2v) is 11.8. The molecule has 1 aliphatic heterocycles. The molecular weight excluding hydrogens is 558 g/mol. The number of hydrogen-bond acceptors (Lipinski definition) is 8. The number of carbonyl (C=O) groups excluding carboxylic acids is 3. The number of ether oxygens (including phenoxy) is 1. The van der Waals surface area contributed by atoms with E-state index in [9.17, 15) is 22.8 Å². The van der Waals surface area contributed by atoms with E-state index in [0.29, 0.717) is 39.5 Å². The molecule has 3 aromatic carbocycles. The molecule has 0 saturated heterocycles. The van der Waals surface area contributed by atoms with Gasteiger partial charge in [-0.3, -0.25) is 19.3 Å². The van der Waals surface area contributed by atoms with E-state index in [1.807, 2.05) is 30.3 Å². The van der Waals surface area contributed by atoms with Gasteiger partial charge in [0.1, 0.15) is 5.92 Å². The van der Waals surface area contributed by atoms with Crippen LogP contribution in [0.25, 0.3) is 0 Å². The minimum atomic E-state index is -3.71. The first-order valence-corrected chi connectivity index (χ1v) is 15.1. The summed E-state index contributed by atoms with van der Waals surface area (Å²) in [7, 11) is 1.39. The van der Waals surface area contributed by atoms with Crippen molar-refractivity contribution in [1.82, 2.24) is 4.90 Å². The summed E-state index contributed by atoms with van der Waals surface area (Å²) in [5.74, 6) is -1.86. The number of benzene rings is 3. The van der Waals surface area contributed by atoms with Gasteiger partial charge in [0.05, 0.1) is 47.7 Å². The molecule has 4 rings (SSSR count). The normalized spacial score (nSPS) is 14.8. The molecule has 0 aromatic heterocycles. The third-order valence-electron chi connectivity index (χ3n) is 6.45. The highest BCUT2D eigenvalue weighted by Crippen LogP contribution is 2.38. The van der Waals surface area contributed by atoms with E-state index >= 15 is 0 Å². The van der Waals surface area contributed by atoms with Crippen molar-refractivity contribution in [3.8, 4) is 0 Å². The second kappa shape index (κ2) is 12.5. The number of fused-ring (bicyclic) bond motifs is 1. The Kier molecular flexibility index (Phi) is 9.08. The van der Waals surface area contributed by atoms with Crippen molar-refractivity contribution < 1.29 is 27.5 Å². The molecule has 1 atom stereocenters. The van der Waals surface area contributed by atoms with Crippen molar-refractivity contribution in [2.24, 2.45) is 4.99 Å². The topological polar surface area (TPSA) is 137 Å². The maximum absolute atomic E-state index is 13.4. The zero-order chi connectivity index (χ0) is 30.6. The summed E-state index contributed by atoms with van der Waals surface area (Å²) in [5, 5.41) is 2.85. The molecule has 0 aliphatic carbocycles. The molecule has 42 heavy (non-hydrogen) atoms. The van der Waals surface area contributed by atoms with Gasteiger partial charge >= 0.3 is 5.97 Å². The Morgan fingerprint density at radius 1 is 1.00 bits per heavy atom. The lowest BCUT2D eigenvalue weighted by Gasteiger charge is -2.23. The number of anilines is 3. The number of nitrogens with one attached hydrogen (secondary N) is 2. The summed E-state index contributed by atoms with van der Waals surface area (Å²) >= 11 is 0. The fourth-order valence-electron chi connectivity index (χ4n) is 4.60. The summed E-state index contributed by atoms with van der Waals surface area (Å²) < 4.78 is 32.1. The van der Waals surface area contributed by atoms with Gasteiger partial charge in [0, 0.05) is 12.7 Å². The van der Waals surface area contributed by atoms with Gasteiger partial charge in [0.2, 0.25) is 21.8 Å². The fraction of sp³-hybridized carbons (Fsp3) is 0.267. The van der Waals surface area contributed by atoms with Gasteiger partial charge < -0.3 is 19.9 Å². The molecule has 0 radical (unpaired) electrons. The molecule has 220 valence electrons. The number of carbonyl (C=O) groups is 3. The zero-order valence-corrected chi connectivity index (χ0v) is 24.9. The summed E-state index contributed by atoms with van der Waals surface area (Å²) in [5.41, 5.74) is 3.41. The second-order valence-electron chi connectivity index (χ2n) is 10.1. The first kappa shape index (κ1) is 30.4. The van der Waals surface area contributed by atoms with Crippen LogP contribution in [0.4, 0.5) is 22.7 Å². The van der Waals surface area contributed by atoms with Crippen LogP contribution in [-0.2, 0) is 24.3 Å². The summed E-state index contributed by atoms with van der Waals surface area (Å²) in [6.07, 6.45) is 1.02. The highest BCUT2D eigenvalue weighted by Gasteiger charge is 2.36. The maximum Gasteiger partial charge on any atom is 0.338 e. The largest absolute Gasteiger partial charge is 0.462 e. The quantitative estimate of drug-likeness (QED) is 0.271. The summed E-state index contributed by atoms with van der Waals surface area (Å²) in [6, 6.07) is 18.8. The first-order chi connectivity index (χ1) is 19.9. The van der Waals surface area contributed by atoms with E-state index in [1.54, 1.807) is 63.3 Å². The maximum atomic E-state index is 13.4. The Bertz CT molecular complexity index is 1650. The van der Waals surface area contributed by atoms with Gasteiger partial charge in [-0.15, -0.1) is 0 Å². The molecule has 11 nitrogen and oxygen atoms in total. The molecule has 3 aromatic rings. The van der Waals surface area contributed by atoms with Crippen LogP contribution in [0.15, 0.2) is 71.7 Å². The van der Waals surface area contributed by atoms with Gasteiger partial charge in [0.15, 0.2) is 0 Å². The first-order valence-electron chi connectivity index (χ1n) is 13.2. The average molecular weight is 592 g/mol. The number of likely N-dealkylation sites (N-methyl/N-ethyl adjacent to an activating group) is 2. The highest BCUT2D eigenvalue weighted by molar-refractivity contribution is 7.92. The van der Waals surface area contributed by atoms with Crippen LogP contribution in [0, 0.1) is 0 Å². The molecule has 0 bridgehead atoms. The summed E-state index contributed by atoms with van der Waals surface area (Å²) in [4.78, 5) is 46.3. The molecular formula is C30H33N5O6S. The van der Waals surface area contributed by atoms with Gasteiger partial charge in [-0.1, -0.05) is 36.4 Å². The number of amides is 2. The average Bonchev–Trinajstić information content (AvgIpc) is 3.25. The Morgan fingerprint density at radius 2 is 1.71 bits per heavy atom. The molecule has 12 heteroatoms. The molecule has 0 fully saturated rings. The third kappa shape index (κ3) is 7.01. The Labute approximate surface area is 245 Å². The summed E-state index contributed by atoms with van der Waals surface area (Å²) in [6.45, 7) is 2.07. The lowest BCUT2D eigenvalue weighted by molar-refractivity contribution is -0.119. The van der Waals surface area contributed by atoms with E-state index in [-0.39, 0.29) is 30.7 Å². The minimum absolute atomic E-state index is 0.126. The van der Waals surface area contributed by atoms with Crippen LogP contribution in [0.5, 0.6) is 0 Å². The molecule has 0 saturated carbocycles. The fourth-order valence-corrected chi connectivity index (χ4v) is 5.16. The van der Waals surface area contributed by atoms with Gasteiger partial charge in [-0.05, 0) is 62.5 Å². The van der Waals surface area contributed by atoms with Crippen molar-refractivity contribution in [3.05, 3.63) is 83.4 Å². The molecule has 2 amide bonds. The van der Waals surface area contributed by atoms with Crippen LogP contribution in [0.2, 0.25) is 0 Å². The number of sulfonamides is 1. The zero-order valence-electron chi connectivity index (χ0n) is 24.0. The molecule has 2 N–H and O–H groups in total.